The minimum atomic E-state index is -1.91. The number of likely N-dealkylation sites (N-methyl/N-ethyl adjacent to an activating group) is 1. The number of hydrogen-bond acceptors (Lipinski definition) is 5. The van der Waals surface area contributed by atoms with Gasteiger partial charge in [0.15, 0.2) is 0 Å². The van der Waals surface area contributed by atoms with Crippen molar-refractivity contribution in [3.8, 4) is 0 Å². The van der Waals surface area contributed by atoms with Gasteiger partial charge in [0.05, 0.1) is 34.4 Å². The molecule has 0 aliphatic rings. The summed E-state index contributed by atoms with van der Waals surface area (Å²) in [7, 11) is 4.32. The second-order valence-corrected chi connectivity index (χ2v) is 12.7. The largest absolute Gasteiger partial charge is 0.381 e. The van der Waals surface area contributed by atoms with Crippen LogP contribution in [0.15, 0.2) is 0 Å². The quantitative estimate of drug-likeness (QED) is 0.0580. The van der Waals surface area contributed by atoms with Crippen LogP contribution in [0.3, 0.4) is 0 Å². The lowest BCUT2D eigenvalue weighted by atomic mass is 10.0. The summed E-state index contributed by atoms with van der Waals surface area (Å²) in [4.78, 5) is 21.9. The number of ether oxygens (including phenoxy) is 1. The van der Waals surface area contributed by atoms with Crippen molar-refractivity contribution in [3.63, 3.8) is 0 Å². The molecule has 0 spiro atoms. The van der Waals surface area contributed by atoms with Gasteiger partial charge in [0.1, 0.15) is 18.9 Å². The highest BCUT2D eigenvalue weighted by Gasteiger charge is 2.18. The van der Waals surface area contributed by atoms with Crippen LogP contribution in [0.4, 0.5) is 0 Å². The Morgan fingerprint density at radius 1 is 0.703 bits per heavy atom. The molecule has 0 aromatic rings. The number of Topliss-reactive ketones (excluding diaryl/α,β-unsaturated/α-hetero) is 1. The van der Waals surface area contributed by atoms with Gasteiger partial charge in [0.2, 0.25) is 0 Å². The van der Waals surface area contributed by atoms with Gasteiger partial charge in [-0.05, 0) is 6.42 Å². The summed E-state index contributed by atoms with van der Waals surface area (Å²) < 4.78 is 17.5. The molecule has 0 aliphatic carbocycles. The Balaban J connectivity index is 3.68. The smallest absolute Gasteiger partial charge is 0.330 e. The molecule has 0 aliphatic heterocycles. The van der Waals surface area contributed by atoms with Gasteiger partial charge in [-0.15, -0.1) is 0 Å². The van der Waals surface area contributed by atoms with E-state index in [9.17, 15) is 9.69 Å². The number of hydrogen-bond donors (Lipinski definition) is 1. The summed E-state index contributed by atoms with van der Waals surface area (Å²) in [5, 5.41) is 0. The molecule has 2 unspecified atom stereocenters. The monoisotopic (exact) mass is 548 g/mol. The number of carbonyl (C=O) groups excluding carboxylic acids is 1. The number of unbranched alkanes of at least 4 members (excludes halogenated alkanes) is 15. The molecule has 222 valence electrons. The first-order valence-electron chi connectivity index (χ1n) is 15.4. The molecular formula is C30H63NO5P+. The first-order valence-corrected chi connectivity index (χ1v) is 16.6. The van der Waals surface area contributed by atoms with Gasteiger partial charge in [-0.25, -0.2) is 0 Å². The Morgan fingerprint density at radius 2 is 1.19 bits per heavy atom. The summed E-state index contributed by atoms with van der Waals surface area (Å²) in [5.74, 6) is 0.167. The van der Waals surface area contributed by atoms with Crippen LogP contribution >= 0.6 is 8.60 Å². The van der Waals surface area contributed by atoms with Crippen LogP contribution in [0.1, 0.15) is 129 Å². The van der Waals surface area contributed by atoms with E-state index in [-0.39, 0.29) is 18.3 Å². The molecule has 0 saturated carbocycles. The molecule has 37 heavy (non-hydrogen) atoms. The molecule has 0 heterocycles. The zero-order chi connectivity index (χ0) is 27.6. The minimum Gasteiger partial charge on any atom is -0.381 e. The van der Waals surface area contributed by atoms with Gasteiger partial charge >= 0.3 is 8.60 Å². The Hall–Kier alpha value is -0.100. The molecule has 0 bridgehead atoms. The summed E-state index contributed by atoms with van der Waals surface area (Å²) in [6.07, 6.45) is 22.7. The molecule has 0 aromatic heterocycles. The van der Waals surface area contributed by atoms with Gasteiger partial charge in [0, 0.05) is 25.4 Å². The van der Waals surface area contributed by atoms with Crippen molar-refractivity contribution in [2.24, 2.45) is 5.92 Å². The van der Waals surface area contributed by atoms with Gasteiger partial charge in [0.25, 0.3) is 0 Å². The minimum absolute atomic E-state index is 0.0346. The maximum atomic E-state index is 11.9. The average molecular weight is 549 g/mol. The predicted molar refractivity (Wildman–Crippen MR) is 158 cm³/mol. The zero-order valence-corrected chi connectivity index (χ0v) is 26.2. The molecule has 6 nitrogen and oxygen atoms in total. The van der Waals surface area contributed by atoms with Crippen LogP contribution in [0.5, 0.6) is 0 Å². The number of rotatable bonds is 29. The van der Waals surface area contributed by atoms with E-state index in [4.69, 9.17) is 13.8 Å². The summed E-state index contributed by atoms with van der Waals surface area (Å²) in [6.45, 7) is 6.91. The molecule has 1 N–H and O–H groups in total. The lowest BCUT2D eigenvalue weighted by Crippen LogP contribution is -2.37. The lowest BCUT2D eigenvalue weighted by molar-refractivity contribution is -0.870. The van der Waals surface area contributed by atoms with Gasteiger partial charge in [-0.3, -0.25) is 4.79 Å². The third-order valence-corrected chi connectivity index (χ3v) is 7.56. The second-order valence-electron chi connectivity index (χ2n) is 11.7. The van der Waals surface area contributed by atoms with E-state index in [0.717, 1.165) is 24.1 Å². The van der Waals surface area contributed by atoms with E-state index in [1.807, 2.05) is 6.92 Å². The summed E-state index contributed by atoms with van der Waals surface area (Å²) >= 11 is 0. The van der Waals surface area contributed by atoms with Crippen molar-refractivity contribution in [3.05, 3.63) is 0 Å². The molecule has 0 saturated heterocycles. The van der Waals surface area contributed by atoms with Crippen LogP contribution in [0, 0.1) is 5.92 Å². The van der Waals surface area contributed by atoms with E-state index >= 15 is 0 Å². The molecule has 7 heteroatoms. The standard InChI is InChI=1S/C30H63NO5P/c1-6-8-9-10-11-12-13-14-15-16-17-18-19-20-21-22-24-34-27-29(26-30(32)7-2)28-36-37(33)35-25-23-31(3,4)5/h29,33H,6-28H2,1-5H3/q+1. The Morgan fingerprint density at radius 3 is 1.65 bits per heavy atom. The molecule has 0 rings (SSSR count). The number of ketones is 1. The van der Waals surface area contributed by atoms with Crippen LogP contribution in [0.25, 0.3) is 0 Å². The fraction of sp³-hybridized carbons (Fsp3) is 0.967. The number of carbonyl (C=O) groups is 1. The molecule has 0 fully saturated rings. The highest BCUT2D eigenvalue weighted by atomic mass is 31.2. The number of nitrogens with zero attached hydrogens (tertiary/aromatic N) is 1. The lowest BCUT2D eigenvalue weighted by Gasteiger charge is -2.24. The molecule has 0 radical (unpaired) electrons. The highest BCUT2D eigenvalue weighted by molar-refractivity contribution is 7.40. The van der Waals surface area contributed by atoms with E-state index in [1.165, 1.54) is 96.3 Å². The van der Waals surface area contributed by atoms with Gasteiger partial charge in [-0.1, -0.05) is 110 Å². The fourth-order valence-electron chi connectivity index (χ4n) is 4.23. The van der Waals surface area contributed by atoms with Crippen molar-refractivity contribution >= 4 is 14.4 Å². The SMILES string of the molecule is CCCCCCCCCCCCCCCCCCOCC(COP(O)OCC[N+](C)(C)C)CC(=O)CC. The van der Waals surface area contributed by atoms with Crippen molar-refractivity contribution in [1.82, 2.24) is 0 Å². The Kier molecular flexibility index (Phi) is 26.1. The molecule has 0 amide bonds. The van der Waals surface area contributed by atoms with E-state index in [0.29, 0.717) is 26.1 Å². The van der Waals surface area contributed by atoms with Crippen molar-refractivity contribution in [2.45, 2.75) is 129 Å². The first kappa shape index (κ1) is 36.9. The molecular weight excluding hydrogens is 485 g/mol. The van der Waals surface area contributed by atoms with Crippen molar-refractivity contribution < 1.29 is 28.0 Å². The van der Waals surface area contributed by atoms with Gasteiger partial charge in [-0.2, -0.15) is 0 Å². The van der Waals surface area contributed by atoms with Crippen molar-refractivity contribution in [2.75, 3.05) is 54.1 Å². The highest BCUT2D eigenvalue weighted by Crippen LogP contribution is 2.33. The third-order valence-electron chi connectivity index (χ3n) is 6.79. The second kappa shape index (κ2) is 26.1. The number of quaternary nitrogens is 1. The fourth-order valence-corrected chi connectivity index (χ4v) is 4.88. The third kappa shape index (κ3) is 28.7. The zero-order valence-electron chi connectivity index (χ0n) is 25.3. The van der Waals surface area contributed by atoms with Crippen LogP contribution in [-0.4, -0.2) is 69.3 Å². The average Bonchev–Trinajstić information content (AvgIpc) is 2.85. The van der Waals surface area contributed by atoms with Crippen molar-refractivity contribution in [1.29, 1.82) is 0 Å². The predicted octanol–water partition coefficient (Wildman–Crippen LogP) is 8.21. The summed E-state index contributed by atoms with van der Waals surface area (Å²) in [5.41, 5.74) is 0. The van der Waals surface area contributed by atoms with E-state index in [2.05, 4.69) is 28.1 Å². The van der Waals surface area contributed by atoms with Crippen LogP contribution < -0.4 is 0 Å². The Bertz CT molecular complexity index is 501. The molecule has 2 atom stereocenters. The maximum absolute atomic E-state index is 11.9. The topological polar surface area (TPSA) is 65.0 Å². The van der Waals surface area contributed by atoms with E-state index in [1.54, 1.807) is 0 Å². The van der Waals surface area contributed by atoms with Crippen LogP contribution in [0.2, 0.25) is 0 Å². The normalized spacial score (nSPS) is 13.7. The summed E-state index contributed by atoms with van der Waals surface area (Å²) in [6, 6.07) is 0. The van der Waals surface area contributed by atoms with E-state index < -0.39 is 8.60 Å². The Labute approximate surface area is 231 Å². The maximum Gasteiger partial charge on any atom is 0.330 e. The van der Waals surface area contributed by atoms with Crippen LogP contribution in [-0.2, 0) is 18.6 Å². The first-order chi connectivity index (χ1) is 17.8. The van der Waals surface area contributed by atoms with Gasteiger partial charge < -0.3 is 23.2 Å². The molecule has 0 aromatic carbocycles.